The second-order valence-corrected chi connectivity index (χ2v) is 5.35. The van der Waals surface area contributed by atoms with E-state index < -0.39 is 23.2 Å². The first-order chi connectivity index (χ1) is 11.9. The zero-order valence-corrected chi connectivity index (χ0v) is 13.0. The fraction of sp³-hybridized carbons (Fsp3) is 0.111. The molecule has 1 amide bonds. The first-order valence-electron chi connectivity index (χ1n) is 7.48. The highest BCUT2D eigenvalue weighted by Gasteiger charge is 2.34. The zero-order chi connectivity index (χ0) is 17.9. The summed E-state index contributed by atoms with van der Waals surface area (Å²) in [6, 6.07) is 13.7. The van der Waals surface area contributed by atoms with Crippen molar-refractivity contribution < 1.29 is 18.0 Å². The summed E-state index contributed by atoms with van der Waals surface area (Å²) in [6.45, 7) is 0.111. The quantitative estimate of drug-likeness (QED) is 0.781. The molecule has 0 aliphatic carbocycles. The van der Waals surface area contributed by atoms with Gasteiger partial charge in [-0.1, -0.05) is 24.3 Å². The second-order valence-electron chi connectivity index (χ2n) is 5.35. The van der Waals surface area contributed by atoms with Gasteiger partial charge < -0.3 is 5.32 Å². The number of nitrogens with one attached hydrogen (secondary N) is 1. The molecule has 2 aromatic carbocycles. The molecule has 0 atom stereocenters. The number of carbonyl (C=O) groups is 1. The van der Waals surface area contributed by atoms with Crippen LogP contribution in [0.3, 0.4) is 0 Å². The standard InChI is InChI=1S/C18H14F3N3O/c19-18(20,21)16-8-2-1-7-15(16)17(25)22-12-13-5-3-6-14(11-13)24-10-4-9-23-24/h1-11H,12H2,(H,22,25). The van der Waals surface area contributed by atoms with Crippen molar-refractivity contribution in [2.75, 3.05) is 0 Å². The van der Waals surface area contributed by atoms with Gasteiger partial charge in [0.1, 0.15) is 0 Å². The SMILES string of the molecule is O=C(NCc1cccc(-n2cccn2)c1)c1ccccc1C(F)(F)F. The number of benzene rings is 2. The lowest BCUT2D eigenvalue weighted by Gasteiger charge is -2.13. The maximum atomic E-state index is 13.0. The number of carbonyl (C=O) groups excluding carboxylic acids is 1. The van der Waals surface area contributed by atoms with Crippen LogP contribution in [0.4, 0.5) is 13.2 Å². The third kappa shape index (κ3) is 3.88. The molecule has 1 heterocycles. The summed E-state index contributed by atoms with van der Waals surface area (Å²) < 4.78 is 40.6. The predicted octanol–water partition coefficient (Wildman–Crippen LogP) is 3.82. The zero-order valence-electron chi connectivity index (χ0n) is 13.0. The van der Waals surface area contributed by atoms with Crippen LogP contribution in [0, 0.1) is 0 Å². The molecule has 0 radical (unpaired) electrons. The number of alkyl halides is 3. The number of amides is 1. The molecule has 0 fully saturated rings. The summed E-state index contributed by atoms with van der Waals surface area (Å²) >= 11 is 0. The number of rotatable bonds is 4. The van der Waals surface area contributed by atoms with Crippen LogP contribution >= 0.6 is 0 Å². The Morgan fingerprint density at radius 1 is 1.08 bits per heavy atom. The van der Waals surface area contributed by atoms with Crippen molar-refractivity contribution in [3.8, 4) is 5.69 Å². The molecule has 128 valence electrons. The summed E-state index contributed by atoms with van der Waals surface area (Å²) in [5.74, 6) is -0.766. The molecule has 1 aromatic heterocycles. The van der Waals surface area contributed by atoms with Crippen molar-refractivity contribution in [1.29, 1.82) is 0 Å². The highest BCUT2D eigenvalue weighted by Crippen LogP contribution is 2.31. The number of nitrogens with zero attached hydrogens (tertiary/aromatic N) is 2. The van der Waals surface area contributed by atoms with Crippen molar-refractivity contribution in [3.05, 3.63) is 83.7 Å². The highest BCUT2D eigenvalue weighted by atomic mass is 19.4. The van der Waals surface area contributed by atoms with Gasteiger partial charge in [0.05, 0.1) is 16.8 Å². The Morgan fingerprint density at radius 3 is 2.60 bits per heavy atom. The van der Waals surface area contributed by atoms with Gasteiger partial charge in [-0.05, 0) is 35.9 Å². The van der Waals surface area contributed by atoms with Gasteiger partial charge in [-0.25, -0.2) is 4.68 Å². The Kier molecular flexibility index (Phi) is 4.56. The van der Waals surface area contributed by atoms with Crippen molar-refractivity contribution >= 4 is 5.91 Å². The Hall–Kier alpha value is -3.09. The largest absolute Gasteiger partial charge is 0.417 e. The third-order valence-corrected chi connectivity index (χ3v) is 3.61. The lowest BCUT2D eigenvalue weighted by Crippen LogP contribution is -2.25. The molecule has 0 unspecified atom stereocenters. The number of hydrogen-bond acceptors (Lipinski definition) is 2. The van der Waals surface area contributed by atoms with E-state index in [4.69, 9.17) is 0 Å². The lowest BCUT2D eigenvalue weighted by atomic mass is 10.1. The van der Waals surface area contributed by atoms with Crippen LogP contribution < -0.4 is 5.32 Å². The highest BCUT2D eigenvalue weighted by molar-refractivity contribution is 5.95. The molecule has 0 saturated carbocycles. The molecule has 3 aromatic rings. The maximum Gasteiger partial charge on any atom is 0.417 e. The monoisotopic (exact) mass is 345 g/mol. The number of halogens is 3. The average molecular weight is 345 g/mol. The first-order valence-corrected chi connectivity index (χ1v) is 7.48. The van der Waals surface area contributed by atoms with E-state index in [-0.39, 0.29) is 6.54 Å². The minimum Gasteiger partial charge on any atom is -0.348 e. The average Bonchev–Trinajstić information content (AvgIpc) is 3.14. The smallest absolute Gasteiger partial charge is 0.348 e. The molecule has 0 saturated heterocycles. The molecule has 0 spiro atoms. The van der Waals surface area contributed by atoms with Crippen LogP contribution in [0.1, 0.15) is 21.5 Å². The van der Waals surface area contributed by atoms with Crippen LogP contribution in [0.5, 0.6) is 0 Å². The van der Waals surface area contributed by atoms with Gasteiger partial charge in [0.25, 0.3) is 5.91 Å². The summed E-state index contributed by atoms with van der Waals surface area (Å²) in [5.41, 5.74) is 0.217. The summed E-state index contributed by atoms with van der Waals surface area (Å²) in [5, 5.41) is 6.65. The van der Waals surface area contributed by atoms with Gasteiger partial charge in [-0.2, -0.15) is 18.3 Å². The fourth-order valence-corrected chi connectivity index (χ4v) is 2.44. The van der Waals surface area contributed by atoms with Gasteiger partial charge in [-0.3, -0.25) is 4.79 Å². The topological polar surface area (TPSA) is 46.9 Å². The van der Waals surface area contributed by atoms with Crippen LogP contribution in [-0.2, 0) is 12.7 Å². The minimum atomic E-state index is -4.58. The maximum absolute atomic E-state index is 13.0. The van der Waals surface area contributed by atoms with E-state index >= 15 is 0 Å². The van der Waals surface area contributed by atoms with Gasteiger partial charge in [-0.15, -0.1) is 0 Å². The number of aromatic nitrogens is 2. The molecule has 7 heteroatoms. The summed E-state index contributed by atoms with van der Waals surface area (Å²) in [7, 11) is 0. The van der Waals surface area contributed by atoms with E-state index in [1.165, 1.54) is 18.2 Å². The Bertz CT molecular complexity index is 873. The van der Waals surface area contributed by atoms with Crippen LogP contribution in [0.2, 0.25) is 0 Å². The van der Waals surface area contributed by atoms with E-state index in [0.717, 1.165) is 17.3 Å². The van der Waals surface area contributed by atoms with Gasteiger partial charge in [0, 0.05) is 18.9 Å². The number of hydrogen-bond donors (Lipinski definition) is 1. The Labute approximate surface area is 141 Å². The van der Waals surface area contributed by atoms with E-state index in [1.807, 2.05) is 12.1 Å². The molecule has 3 rings (SSSR count). The van der Waals surface area contributed by atoms with Gasteiger partial charge in [0.15, 0.2) is 0 Å². The van der Waals surface area contributed by atoms with Gasteiger partial charge in [0.2, 0.25) is 0 Å². The molecule has 0 aliphatic heterocycles. The summed E-state index contributed by atoms with van der Waals surface area (Å²) in [4.78, 5) is 12.2. The van der Waals surface area contributed by atoms with E-state index in [1.54, 1.807) is 35.3 Å². The molecule has 0 aliphatic rings. The Morgan fingerprint density at radius 2 is 1.88 bits per heavy atom. The van der Waals surface area contributed by atoms with Crippen LogP contribution in [0.15, 0.2) is 67.0 Å². The normalized spacial score (nSPS) is 11.3. The van der Waals surface area contributed by atoms with Gasteiger partial charge >= 0.3 is 6.18 Å². The second kappa shape index (κ2) is 6.80. The summed E-state index contributed by atoms with van der Waals surface area (Å²) in [6.07, 6.45) is -1.16. The molecule has 4 nitrogen and oxygen atoms in total. The van der Waals surface area contributed by atoms with E-state index in [9.17, 15) is 18.0 Å². The molecular formula is C18H14F3N3O. The van der Waals surface area contributed by atoms with E-state index in [0.29, 0.717) is 0 Å². The third-order valence-electron chi connectivity index (χ3n) is 3.61. The van der Waals surface area contributed by atoms with E-state index in [2.05, 4.69) is 10.4 Å². The molecule has 1 N–H and O–H groups in total. The molecular weight excluding hydrogens is 331 g/mol. The molecule has 0 bridgehead atoms. The van der Waals surface area contributed by atoms with Crippen molar-refractivity contribution in [2.45, 2.75) is 12.7 Å². The molecule has 25 heavy (non-hydrogen) atoms. The van der Waals surface area contributed by atoms with Crippen molar-refractivity contribution in [1.82, 2.24) is 15.1 Å². The van der Waals surface area contributed by atoms with Crippen molar-refractivity contribution in [3.63, 3.8) is 0 Å². The van der Waals surface area contributed by atoms with Crippen LogP contribution in [-0.4, -0.2) is 15.7 Å². The van der Waals surface area contributed by atoms with Crippen molar-refractivity contribution in [2.24, 2.45) is 0 Å². The first kappa shape index (κ1) is 16.8. The lowest BCUT2D eigenvalue weighted by molar-refractivity contribution is -0.137. The minimum absolute atomic E-state index is 0.111. The predicted molar refractivity (Wildman–Crippen MR) is 86.2 cm³/mol. The fourth-order valence-electron chi connectivity index (χ4n) is 2.44. The Balaban J connectivity index is 1.75. The van der Waals surface area contributed by atoms with Crippen LogP contribution in [0.25, 0.3) is 5.69 Å².